The van der Waals surface area contributed by atoms with Gasteiger partial charge < -0.3 is 10.1 Å². The maximum atomic E-state index is 12.3. The van der Waals surface area contributed by atoms with Gasteiger partial charge in [0.2, 0.25) is 10.0 Å². The van der Waals surface area contributed by atoms with Gasteiger partial charge in [-0.25, -0.2) is 17.9 Å². The highest BCUT2D eigenvalue weighted by Crippen LogP contribution is 2.20. The Morgan fingerprint density at radius 2 is 1.72 bits per heavy atom. The van der Waals surface area contributed by atoms with E-state index in [2.05, 4.69) is 23.9 Å². The van der Waals surface area contributed by atoms with E-state index in [9.17, 15) is 18.0 Å². The largest absolute Gasteiger partial charge is 0.449 e. The number of anilines is 1. The molecule has 2 atom stereocenters. The molecule has 0 heterocycles. The van der Waals surface area contributed by atoms with Crippen molar-refractivity contribution < 1.29 is 22.7 Å². The zero-order chi connectivity index (χ0) is 21.6. The summed E-state index contributed by atoms with van der Waals surface area (Å²) in [5.74, 6) is -0.830. The quantitative estimate of drug-likeness (QED) is 0.641. The summed E-state index contributed by atoms with van der Waals surface area (Å²) in [4.78, 5) is 24.6. The summed E-state index contributed by atoms with van der Waals surface area (Å²) in [5.41, 5.74) is 1.83. The Balaban J connectivity index is 2.02. The Labute approximate surface area is 171 Å². The van der Waals surface area contributed by atoms with Crippen molar-refractivity contribution in [2.45, 2.75) is 44.1 Å². The number of esters is 1. The van der Waals surface area contributed by atoms with Crippen LogP contribution in [0.3, 0.4) is 0 Å². The SMILES string of the molecule is CC[C@@H](C)c1ccc(NC(=O)[C@@H](C)OC(=O)c2cccc(S(=O)(=O)NC)c2)cc1. The molecule has 0 bridgehead atoms. The maximum Gasteiger partial charge on any atom is 0.338 e. The van der Waals surface area contributed by atoms with E-state index in [1.807, 2.05) is 12.1 Å². The fourth-order valence-corrected chi connectivity index (χ4v) is 3.34. The van der Waals surface area contributed by atoms with Gasteiger partial charge in [0.1, 0.15) is 0 Å². The molecule has 0 aromatic heterocycles. The highest BCUT2D eigenvalue weighted by molar-refractivity contribution is 7.89. The van der Waals surface area contributed by atoms with Gasteiger partial charge in [-0.3, -0.25) is 4.79 Å². The second kappa shape index (κ2) is 9.67. The molecule has 0 fully saturated rings. The first-order chi connectivity index (χ1) is 13.7. The number of carbonyl (C=O) groups excluding carboxylic acids is 2. The monoisotopic (exact) mass is 418 g/mol. The van der Waals surface area contributed by atoms with Crippen molar-refractivity contribution in [3.05, 3.63) is 59.7 Å². The number of amides is 1. The van der Waals surface area contributed by atoms with E-state index in [-0.39, 0.29) is 10.5 Å². The molecule has 1 amide bonds. The van der Waals surface area contributed by atoms with Crippen molar-refractivity contribution in [2.24, 2.45) is 0 Å². The van der Waals surface area contributed by atoms with Crippen LogP contribution in [-0.2, 0) is 19.6 Å². The summed E-state index contributed by atoms with van der Waals surface area (Å²) in [7, 11) is -2.41. The van der Waals surface area contributed by atoms with Crippen molar-refractivity contribution in [3.8, 4) is 0 Å². The van der Waals surface area contributed by atoms with Crippen molar-refractivity contribution in [1.82, 2.24) is 4.72 Å². The lowest BCUT2D eigenvalue weighted by Crippen LogP contribution is -2.30. The van der Waals surface area contributed by atoms with E-state index in [1.54, 1.807) is 12.1 Å². The van der Waals surface area contributed by atoms with Crippen LogP contribution < -0.4 is 10.0 Å². The molecule has 2 aromatic carbocycles. The molecular weight excluding hydrogens is 392 g/mol. The second-order valence-corrected chi connectivity index (χ2v) is 8.59. The van der Waals surface area contributed by atoms with E-state index in [0.29, 0.717) is 11.6 Å². The molecule has 0 aliphatic carbocycles. The molecular formula is C21H26N2O5S. The number of benzene rings is 2. The minimum atomic E-state index is -3.69. The van der Waals surface area contributed by atoms with Gasteiger partial charge in [0.15, 0.2) is 6.10 Å². The molecule has 2 N–H and O–H groups in total. The van der Waals surface area contributed by atoms with E-state index in [1.165, 1.54) is 43.8 Å². The fraction of sp³-hybridized carbons (Fsp3) is 0.333. The molecule has 0 aliphatic heterocycles. The molecule has 0 unspecified atom stereocenters. The average molecular weight is 419 g/mol. The van der Waals surface area contributed by atoms with Gasteiger partial charge in [0, 0.05) is 5.69 Å². The second-order valence-electron chi connectivity index (χ2n) is 6.70. The van der Waals surface area contributed by atoms with Gasteiger partial charge in [-0.05, 0) is 62.2 Å². The van der Waals surface area contributed by atoms with E-state index in [4.69, 9.17) is 4.74 Å². The van der Waals surface area contributed by atoms with Crippen LogP contribution in [0.25, 0.3) is 0 Å². The lowest BCUT2D eigenvalue weighted by molar-refractivity contribution is -0.123. The molecule has 2 rings (SSSR count). The number of ether oxygens (including phenoxy) is 1. The molecule has 156 valence electrons. The minimum absolute atomic E-state index is 0.0406. The number of hydrogen-bond acceptors (Lipinski definition) is 5. The summed E-state index contributed by atoms with van der Waals surface area (Å²) in [6, 6.07) is 12.9. The summed E-state index contributed by atoms with van der Waals surface area (Å²) in [6.45, 7) is 5.70. The summed E-state index contributed by atoms with van der Waals surface area (Å²) >= 11 is 0. The van der Waals surface area contributed by atoms with Gasteiger partial charge in [0.05, 0.1) is 10.5 Å². The Kier molecular flexibility index (Phi) is 7.53. The first-order valence-electron chi connectivity index (χ1n) is 9.33. The Morgan fingerprint density at radius 1 is 1.07 bits per heavy atom. The normalized spacial score (nSPS) is 13.4. The smallest absolute Gasteiger partial charge is 0.338 e. The molecule has 0 radical (unpaired) electrons. The average Bonchev–Trinajstić information content (AvgIpc) is 2.73. The minimum Gasteiger partial charge on any atom is -0.449 e. The zero-order valence-corrected chi connectivity index (χ0v) is 17.7. The number of sulfonamides is 1. The molecule has 0 saturated heterocycles. The molecule has 0 spiro atoms. The van der Waals surface area contributed by atoms with Gasteiger partial charge in [0.25, 0.3) is 5.91 Å². The van der Waals surface area contributed by atoms with Gasteiger partial charge >= 0.3 is 5.97 Å². The Hall–Kier alpha value is -2.71. The predicted molar refractivity (Wildman–Crippen MR) is 111 cm³/mol. The van der Waals surface area contributed by atoms with Crippen molar-refractivity contribution >= 4 is 27.6 Å². The first-order valence-corrected chi connectivity index (χ1v) is 10.8. The highest BCUT2D eigenvalue weighted by atomic mass is 32.2. The lowest BCUT2D eigenvalue weighted by atomic mass is 9.99. The first kappa shape index (κ1) is 22.6. The summed E-state index contributed by atoms with van der Waals surface area (Å²) in [6.07, 6.45) is -0.0310. The Bertz CT molecular complexity index is 971. The molecule has 7 nitrogen and oxygen atoms in total. The standard InChI is InChI=1S/C21H26N2O5S/c1-5-14(2)16-9-11-18(12-10-16)23-20(24)15(3)28-21(25)17-7-6-8-19(13-17)29(26,27)22-4/h6-15,22H,5H2,1-4H3,(H,23,24)/t14-,15-/m1/s1. The zero-order valence-electron chi connectivity index (χ0n) is 16.9. The maximum absolute atomic E-state index is 12.3. The van der Waals surface area contributed by atoms with Gasteiger partial charge in [-0.2, -0.15) is 0 Å². The summed E-state index contributed by atoms with van der Waals surface area (Å²) < 4.78 is 31.1. The number of carbonyl (C=O) groups is 2. The van der Waals surface area contributed by atoms with Crippen molar-refractivity contribution in [3.63, 3.8) is 0 Å². The van der Waals surface area contributed by atoms with Crippen LogP contribution in [0.15, 0.2) is 53.4 Å². The van der Waals surface area contributed by atoms with Gasteiger partial charge in [-0.15, -0.1) is 0 Å². The molecule has 8 heteroatoms. The molecule has 29 heavy (non-hydrogen) atoms. The van der Waals surface area contributed by atoms with E-state index < -0.39 is 28.0 Å². The number of nitrogens with one attached hydrogen (secondary N) is 2. The Morgan fingerprint density at radius 3 is 2.31 bits per heavy atom. The molecule has 0 saturated carbocycles. The predicted octanol–water partition coefficient (Wildman–Crippen LogP) is 3.29. The third kappa shape index (κ3) is 5.88. The number of rotatable bonds is 8. The lowest BCUT2D eigenvalue weighted by Gasteiger charge is -2.15. The molecule has 0 aliphatic rings. The van der Waals surface area contributed by atoms with Crippen LogP contribution in [0.5, 0.6) is 0 Å². The topological polar surface area (TPSA) is 102 Å². The van der Waals surface area contributed by atoms with Crippen molar-refractivity contribution in [2.75, 3.05) is 12.4 Å². The van der Waals surface area contributed by atoms with Crippen LogP contribution in [0.2, 0.25) is 0 Å². The number of hydrogen-bond donors (Lipinski definition) is 2. The third-order valence-electron chi connectivity index (χ3n) is 4.66. The highest BCUT2D eigenvalue weighted by Gasteiger charge is 2.21. The third-order valence-corrected chi connectivity index (χ3v) is 6.07. The van der Waals surface area contributed by atoms with Crippen LogP contribution >= 0.6 is 0 Å². The van der Waals surface area contributed by atoms with Crippen molar-refractivity contribution in [1.29, 1.82) is 0 Å². The summed E-state index contributed by atoms with van der Waals surface area (Å²) in [5, 5.41) is 2.71. The van der Waals surface area contributed by atoms with E-state index >= 15 is 0 Å². The van der Waals surface area contributed by atoms with Crippen LogP contribution in [0, 0.1) is 0 Å². The van der Waals surface area contributed by atoms with Gasteiger partial charge in [-0.1, -0.05) is 32.0 Å². The van der Waals surface area contributed by atoms with E-state index in [0.717, 1.165) is 6.42 Å². The fourth-order valence-electron chi connectivity index (χ4n) is 2.56. The van der Waals surface area contributed by atoms with Crippen LogP contribution in [0.1, 0.15) is 49.0 Å². The molecule has 2 aromatic rings. The van der Waals surface area contributed by atoms with Crippen LogP contribution in [-0.4, -0.2) is 33.4 Å². The van der Waals surface area contributed by atoms with Crippen LogP contribution in [0.4, 0.5) is 5.69 Å².